The summed E-state index contributed by atoms with van der Waals surface area (Å²) in [4.78, 5) is 19.3. The molecule has 144 valence electrons. The first-order valence-corrected chi connectivity index (χ1v) is 10.1. The van der Waals surface area contributed by atoms with Crippen LogP contribution in [0, 0.1) is 5.92 Å². The van der Waals surface area contributed by atoms with Crippen molar-refractivity contribution in [1.82, 2.24) is 15.2 Å². The standard InChI is InChI=1S/C23H24ClN3O/c24-22-20(14-19-8-4-5-9-21(19)26-22)16-27-12-10-18(11-13-27)23(28)25-15-17-6-2-1-3-7-17/h1-9,14,18H,10-13,15-16H2,(H,25,28). The maximum absolute atomic E-state index is 12.5. The minimum atomic E-state index is 0.0881. The number of nitrogens with one attached hydrogen (secondary N) is 1. The molecule has 0 bridgehead atoms. The number of piperidine rings is 1. The van der Waals surface area contributed by atoms with Crippen molar-refractivity contribution in [1.29, 1.82) is 0 Å². The topological polar surface area (TPSA) is 45.2 Å². The van der Waals surface area contributed by atoms with Crippen LogP contribution in [0.4, 0.5) is 0 Å². The number of amides is 1. The molecular weight excluding hydrogens is 370 g/mol. The van der Waals surface area contributed by atoms with E-state index >= 15 is 0 Å². The molecule has 0 unspecified atom stereocenters. The zero-order valence-electron chi connectivity index (χ0n) is 15.8. The van der Waals surface area contributed by atoms with Gasteiger partial charge in [0, 0.05) is 30.0 Å². The molecule has 1 aliphatic heterocycles. The van der Waals surface area contributed by atoms with E-state index in [1.807, 2.05) is 48.5 Å². The molecule has 1 aromatic heterocycles. The van der Waals surface area contributed by atoms with Crippen molar-refractivity contribution in [2.24, 2.45) is 5.92 Å². The number of pyridine rings is 1. The van der Waals surface area contributed by atoms with Gasteiger partial charge in [-0.2, -0.15) is 0 Å². The van der Waals surface area contributed by atoms with Crippen molar-refractivity contribution < 1.29 is 4.79 Å². The second kappa shape index (κ2) is 8.72. The van der Waals surface area contributed by atoms with Gasteiger partial charge < -0.3 is 5.32 Å². The summed E-state index contributed by atoms with van der Waals surface area (Å²) in [5.41, 5.74) is 3.10. The Balaban J connectivity index is 1.30. The number of hydrogen-bond acceptors (Lipinski definition) is 3. The number of hydrogen-bond donors (Lipinski definition) is 1. The first-order chi connectivity index (χ1) is 13.7. The number of halogens is 1. The Morgan fingerprint density at radius 2 is 1.79 bits per heavy atom. The summed E-state index contributed by atoms with van der Waals surface area (Å²) in [6.45, 7) is 3.16. The molecule has 0 atom stereocenters. The largest absolute Gasteiger partial charge is 0.352 e. The Bertz CT molecular complexity index is 952. The van der Waals surface area contributed by atoms with Crippen LogP contribution in [-0.4, -0.2) is 28.9 Å². The van der Waals surface area contributed by atoms with Crippen LogP contribution in [0.2, 0.25) is 5.15 Å². The number of fused-ring (bicyclic) bond motifs is 1. The molecule has 2 heterocycles. The van der Waals surface area contributed by atoms with Crippen molar-refractivity contribution in [2.45, 2.75) is 25.9 Å². The van der Waals surface area contributed by atoms with Gasteiger partial charge in [-0.15, -0.1) is 0 Å². The second-order valence-electron chi connectivity index (χ2n) is 7.38. The minimum absolute atomic E-state index is 0.0881. The zero-order valence-corrected chi connectivity index (χ0v) is 16.5. The molecule has 0 aliphatic carbocycles. The van der Waals surface area contributed by atoms with Crippen LogP contribution < -0.4 is 5.32 Å². The van der Waals surface area contributed by atoms with E-state index in [1.165, 1.54) is 0 Å². The third-order valence-corrected chi connectivity index (χ3v) is 5.74. The summed E-state index contributed by atoms with van der Waals surface area (Å²) in [6, 6.07) is 20.2. The van der Waals surface area contributed by atoms with Gasteiger partial charge in [-0.3, -0.25) is 9.69 Å². The molecule has 1 saturated heterocycles. The molecule has 0 spiro atoms. The molecule has 1 fully saturated rings. The van der Waals surface area contributed by atoms with Crippen LogP contribution >= 0.6 is 11.6 Å². The van der Waals surface area contributed by atoms with Crippen molar-refractivity contribution in [3.8, 4) is 0 Å². The van der Waals surface area contributed by atoms with Gasteiger partial charge in [0.25, 0.3) is 0 Å². The summed E-state index contributed by atoms with van der Waals surface area (Å²) < 4.78 is 0. The fraction of sp³-hybridized carbons (Fsp3) is 0.304. The van der Waals surface area contributed by atoms with E-state index in [0.29, 0.717) is 11.7 Å². The van der Waals surface area contributed by atoms with Gasteiger partial charge in [0.15, 0.2) is 0 Å². The molecule has 1 aliphatic rings. The molecule has 3 aromatic rings. The molecule has 5 heteroatoms. The minimum Gasteiger partial charge on any atom is -0.352 e. The number of carbonyl (C=O) groups is 1. The van der Waals surface area contributed by atoms with E-state index in [9.17, 15) is 4.79 Å². The second-order valence-corrected chi connectivity index (χ2v) is 7.74. The Morgan fingerprint density at radius 1 is 1.07 bits per heavy atom. The SMILES string of the molecule is O=C(NCc1ccccc1)C1CCN(Cc2cc3ccccc3nc2Cl)CC1. The molecule has 0 saturated carbocycles. The highest BCUT2D eigenvalue weighted by molar-refractivity contribution is 6.30. The van der Waals surface area contributed by atoms with Gasteiger partial charge in [-0.1, -0.05) is 60.1 Å². The van der Waals surface area contributed by atoms with Gasteiger partial charge in [-0.25, -0.2) is 4.98 Å². The summed E-state index contributed by atoms with van der Waals surface area (Å²) in [6.07, 6.45) is 1.75. The quantitative estimate of drug-likeness (QED) is 0.653. The Hall–Kier alpha value is -2.43. The van der Waals surface area contributed by atoms with E-state index in [-0.39, 0.29) is 11.8 Å². The van der Waals surface area contributed by atoms with Crippen LogP contribution in [0.1, 0.15) is 24.0 Å². The lowest BCUT2D eigenvalue weighted by Gasteiger charge is -2.31. The van der Waals surface area contributed by atoms with Gasteiger partial charge >= 0.3 is 0 Å². The summed E-state index contributed by atoms with van der Waals surface area (Å²) in [7, 11) is 0. The van der Waals surface area contributed by atoms with E-state index in [4.69, 9.17) is 11.6 Å². The highest BCUT2D eigenvalue weighted by Gasteiger charge is 2.25. The number of aromatic nitrogens is 1. The summed E-state index contributed by atoms with van der Waals surface area (Å²) in [5.74, 6) is 0.249. The van der Waals surface area contributed by atoms with Gasteiger partial charge in [0.05, 0.1) is 5.52 Å². The van der Waals surface area contributed by atoms with Crippen LogP contribution in [0.3, 0.4) is 0 Å². The highest BCUT2D eigenvalue weighted by Crippen LogP contribution is 2.24. The molecule has 2 aromatic carbocycles. The average Bonchev–Trinajstić information content (AvgIpc) is 2.74. The molecule has 0 radical (unpaired) electrons. The third-order valence-electron chi connectivity index (χ3n) is 5.41. The maximum atomic E-state index is 12.5. The summed E-state index contributed by atoms with van der Waals surface area (Å²) in [5, 5.41) is 4.75. The normalized spacial score (nSPS) is 15.6. The van der Waals surface area contributed by atoms with Crippen molar-refractivity contribution in [3.63, 3.8) is 0 Å². The van der Waals surface area contributed by atoms with E-state index in [2.05, 4.69) is 27.3 Å². The number of nitrogens with zero attached hydrogens (tertiary/aromatic N) is 2. The Morgan fingerprint density at radius 3 is 2.57 bits per heavy atom. The maximum Gasteiger partial charge on any atom is 0.223 e. The molecule has 4 rings (SSSR count). The first-order valence-electron chi connectivity index (χ1n) is 9.77. The lowest BCUT2D eigenvalue weighted by molar-refractivity contribution is -0.126. The predicted molar refractivity (Wildman–Crippen MR) is 113 cm³/mol. The molecule has 1 amide bonds. The number of likely N-dealkylation sites (tertiary alicyclic amines) is 1. The molecule has 1 N–H and O–H groups in total. The fourth-order valence-electron chi connectivity index (χ4n) is 3.77. The van der Waals surface area contributed by atoms with Gasteiger partial charge in [0.1, 0.15) is 5.15 Å². The molecular formula is C23H24ClN3O. The van der Waals surface area contributed by atoms with Crippen molar-refractivity contribution in [2.75, 3.05) is 13.1 Å². The van der Waals surface area contributed by atoms with E-state index in [1.54, 1.807) is 0 Å². The van der Waals surface area contributed by atoms with Crippen LogP contribution in [-0.2, 0) is 17.9 Å². The molecule has 28 heavy (non-hydrogen) atoms. The monoisotopic (exact) mass is 393 g/mol. The third kappa shape index (κ3) is 4.51. The van der Waals surface area contributed by atoms with E-state index in [0.717, 1.165) is 54.5 Å². The highest BCUT2D eigenvalue weighted by atomic mass is 35.5. The van der Waals surface area contributed by atoms with E-state index < -0.39 is 0 Å². The number of para-hydroxylation sites is 1. The van der Waals surface area contributed by atoms with Crippen molar-refractivity contribution >= 4 is 28.4 Å². The lowest BCUT2D eigenvalue weighted by atomic mass is 9.95. The lowest BCUT2D eigenvalue weighted by Crippen LogP contribution is -2.40. The Labute approximate surface area is 170 Å². The molecule has 4 nitrogen and oxygen atoms in total. The van der Waals surface area contributed by atoms with Crippen LogP contribution in [0.25, 0.3) is 10.9 Å². The number of rotatable bonds is 5. The van der Waals surface area contributed by atoms with Crippen molar-refractivity contribution in [3.05, 3.63) is 76.9 Å². The van der Waals surface area contributed by atoms with Gasteiger partial charge in [-0.05, 0) is 43.6 Å². The fourth-order valence-corrected chi connectivity index (χ4v) is 3.98. The number of carbonyl (C=O) groups excluding carboxylic acids is 1. The Kier molecular flexibility index (Phi) is 5.89. The first kappa shape index (κ1) is 18.9. The average molecular weight is 394 g/mol. The summed E-state index contributed by atoms with van der Waals surface area (Å²) >= 11 is 6.40. The zero-order chi connectivity index (χ0) is 19.3. The van der Waals surface area contributed by atoms with Crippen LogP contribution in [0.15, 0.2) is 60.7 Å². The number of benzene rings is 2. The van der Waals surface area contributed by atoms with Gasteiger partial charge in [0.2, 0.25) is 5.91 Å². The smallest absolute Gasteiger partial charge is 0.223 e. The van der Waals surface area contributed by atoms with Crippen LogP contribution in [0.5, 0.6) is 0 Å². The predicted octanol–water partition coefficient (Wildman–Crippen LogP) is 4.42.